The summed E-state index contributed by atoms with van der Waals surface area (Å²) in [4.78, 5) is 0. The molecule has 0 radical (unpaired) electrons. The molecule has 48 valence electrons. The van der Waals surface area contributed by atoms with Crippen molar-refractivity contribution >= 4 is 48.0 Å². The molecule has 4 heteroatoms. The standard InChI is InChI=1S/C3H10N2.2HI/c1-3(5)2-4;;/h3H,2,4-5H2,1H3;2*1H. The lowest BCUT2D eigenvalue weighted by Gasteiger charge is -1.92. The summed E-state index contributed by atoms with van der Waals surface area (Å²) in [6, 6.07) is 0.162. The van der Waals surface area contributed by atoms with Crippen molar-refractivity contribution in [3.63, 3.8) is 0 Å². The fourth-order valence-corrected chi connectivity index (χ4v) is 0. The highest BCUT2D eigenvalue weighted by atomic mass is 127. The van der Waals surface area contributed by atoms with Crippen LogP contribution in [0.3, 0.4) is 0 Å². The van der Waals surface area contributed by atoms with E-state index in [-0.39, 0.29) is 54.0 Å². The molecule has 0 fully saturated rings. The third-order valence-electron chi connectivity index (χ3n) is 0.372. The van der Waals surface area contributed by atoms with Crippen molar-refractivity contribution in [3.05, 3.63) is 0 Å². The molecule has 0 rings (SSSR count). The Hall–Kier alpha value is 1.38. The molecular formula is C3H12I2N2. The van der Waals surface area contributed by atoms with E-state index in [2.05, 4.69) is 0 Å². The maximum Gasteiger partial charge on any atom is 0.0134 e. The van der Waals surface area contributed by atoms with Crippen molar-refractivity contribution in [1.29, 1.82) is 0 Å². The highest BCUT2D eigenvalue weighted by Crippen LogP contribution is 1.59. The number of rotatable bonds is 1. The first-order valence-electron chi connectivity index (χ1n) is 1.73. The number of hydrogen-bond donors (Lipinski definition) is 2. The minimum Gasteiger partial charge on any atom is -0.329 e. The molecule has 0 saturated heterocycles. The Bertz CT molecular complexity index is 24.9. The van der Waals surface area contributed by atoms with Crippen LogP contribution in [-0.4, -0.2) is 12.6 Å². The van der Waals surface area contributed by atoms with Crippen LogP contribution < -0.4 is 11.5 Å². The molecule has 0 aliphatic rings. The van der Waals surface area contributed by atoms with Gasteiger partial charge in [0.15, 0.2) is 0 Å². The summed E-state index contributed by atoms with van der Waals surface area (Å²) in [7, 11) is 0. The molecular weight excluding hydrogens is 318 g/mol. The molecule has 0 aromatic carbocycles. The molecule has 0 amide bonds. The minimum absolute atomic E-state index is 0. The third-order valence-corrected chi connectivity index (χ3v) is 0.372. The summed E-state index contributed by atoms with van der Waals surface area (Å²) in [5.41, 5.74) is 10.2. The Morgan fingerprint density at radius 1 is 1.43 bits per heavy atom. The Kier molecular flexibility index (Phi) is 23.4. The van der Waals surface area contributed by atoms with Gasteiger partial charge < -0.3 is 11.5 Å². The average Bonchev–Trinajstić information content (AvgIpc) is 1.38. The maximum absolute atomic E-state index is 5.17. The fraction of sp³-hybridized carbons (Fsp3) is 1.00. The van der Waals surface area contributed by atoms with Crippen LogP contribution in [0.4, 0.5) is 0 Å². The van der Waals surface area contributed by atoms with Crippen molar-refractivity contribution in [1.82, 2.24) is 0 Å². The van der Waals surface area contributed by atoms with E-state index >= 15 is 0 Å². The average molecular weight is 330 g/mol. The Labute approximate surface area is 78.4 Å². The molecule has 2 nitrogen and oxygen atoms in total. The van der Waals surface area contributed by atoms with Crippen LogP contribution >= 0.6 is 48.0 Å². The lowest BCUT2D eigenvalue weighted by atomic mass is 10.4. The largest absolute Gasteiger partial charge is 0.329 e. The zero-order valence-electron chi connectivity index (χ0n) is 4.26. The highest BCUT2D eigenvalue weighted by Gasteiger charge is 1.79. The first-order valence-corrected chi connectivity index (χ1v) is 1.73. The Morgan fingerprint density at radius 2 is 1.57 bits per heavy atom. The summed E-state index contributed by atoms with van der Waals surface area (Å²) in [5, 5.41) is 0. The van der Waals surface area contributed by atoms with E-state index in [1.807, 2.05) is 6.92 Å². The maximum atomic E-state index is 5.17. The molecule has 0 aromatic rings. The van der Waals surface area contributed by atoms with Crippen molar-refractivity contribution in [2.45, 2.75) is 13.0 Å². The van der Waals surface area contributed by atoms with Gasteiger partial charge in [0.05, 0.1) is 0 Å². The summed E-state index contributed by atoms with van der Waals surface area (Å²) in [5.74, 6) is 0. The predicted molar refractivity (Wildman–Crippen MR) is 53.5 cm³/mol. The van der Waals surface area contributed by atoms with Gasteiger partial charge in [-0.15, -0.1) is 48.0 Å². The Morgan fingerprint density at radius 3 is 1.57 bits per heavy atom. The van der Waals surface area contributed by atoms with E-state index in [4.69, 9.17) is 11.5 Å². The summed E-state index contributed by atoms with van der Waals surface area (Å²) in [6.07, 6.45) is 0. The van der Waals surface area contributed by atoms with E-state index in [1.165, 1.54) is 0 Å². The first kappa shape index (κ1) is 15.8. The number of hydrogen-bond acceptors (Lipinski definition) is 2. The quantitative estimate of drug-likeness (QED) is 0.689. The Balaban J connectivity index is -0.0000000800. The molecule has 7 heavy (non-hydrogen) atoms. The number of nitrogens with two attached hydrogens (primary N) is 2. The zero-order chi connectivity index (χ0) is 4.28. The van der Waals surface area contributed by atoms with Crippen LogP contribution in [-0.2, 0) is 0 Å². The van der Waals surface area contributed by atoms with Gasteiger partial charge >= 0.3 is 0 Å². The van der Waals surface area contributed by atoms with Crippen molar-refractivity contribution in [2.75, 3.05) is 6.54 Å². The lowest BCUT2D eigenvalue weighted by Crippen LogP contribution is -2.25. The van der Waals surface area contributed by atoms with Gasteiger partial charge in [0.1, 0.15) is 0 Å². The van der Waals surface area contributed by atoms with E-state index in [1.54, 1.807) is 0 Å². The molecule has 4 N–H and O–H groups in total. The zero-order valence-corrected chi connectivity index (χ0v) is 8.92. The summed E-state index contributed by atoms with van der Waals surface area (Å²) in [6.45, 7) is 2.46. The molecule has 0 saturated carbocycles. The highest BCUT2D eigenvalue weighted by molar-refractivity contribution is 14.0. The van der Waals surface area contributed by atoms with E-state index in [0.717, 1.165) is 0 Å². The minimum atomic E-state index is 0. The van der Waals surface area contributed by atoms with Gasteiger partial charge in [-0.2, -0.15) is 0 Å². The van der Waals surface area contributed by atoms with E-state index < -0.39 is 0 Å². The monoisotopic (exact) mass is 330 g/mol. The van der Waals surface area contributed by atoms with Crippen LogP contribution in [0, 0.1) is 0 Å². The lowest BCUT2D eigenvalue weighted by molar-refractivity contribution is 0.752. The van der Waals surface area contributed by atoms with E-state index in [0.29, 0.717) is 6.54 Å². The molecule has 0 heterocycles. The third kappa shape index (κ3) is 18.7. The SMILES string of the molecule is CC(N)CN.I.I. The summed E-state index contributed by atoms with van der Waals surface area (Å²) >= 11 is 0. The van der Waals surface area contributed by atoms with Crippen molar-refractivity contribution in [2.24, 2.45) is 11.5 Å². The second kappa shape index (κ2) is 10.4. The van der Waals surface area contributed by atoms with Gasteiger partial charge in [-0.3, -0.25) is 0 Å². The molecule has 0 bridgehead atoms. The predicted octanol–water partition coefficient (Wildman–Crippen LogP) is 0.528. The smallest absolute Gasteiger partial charge is 0.0134 e. The van der Waals surface area contributed by atoms with Gasteiger partial charge in [0.2, 0.25) is 0 Å². The topological polar surface area (TPSA) is 52.0 Å². The first-order chi connectivity index (χ1) is 2.27. The molecule has 0 aromatic heterocycles. The van der Waals surface area contributed by atoms with Gasteiger partial charge in [-0.25, -0.2) is 0 Å². The second-order valence-corrected chi connectivity index (χ2v) is 1.21. The van der Waals surface area contributed by atoms with E-state index in [9.17, 15) is 0 Å². The van der Waals surface area contributed by atoms with Crippen molar-refractivity contribution < 1.29 is 0 Å². The van der Waals surface area contributed by atoms with Crippen LogP contribution in [0.1, 0.15) is 6.92 Å². The van der Waals surface area contributed by atoms with Crippen LogP contribution in [0.5, 0.6) is 0 Å². The van der Waals surface area contributed by atoms with Gasteiger partial charge in [-0.1, -0.05) is 0 Å². The normalized spacial score (nSPS) is 10.7. The van der Waals surface area contributed by atoms with Gasteiger partial charge in [0.25, 0.3) is 0 Å². The molecule has 0 spiro atoms. The van der Waals surface area contributed by atoms with Crippen LogP contribution in [0.25, 0.3) is 0 Å². The molecule has 1 atom stereocenters. The summed E-state index contributed by atoms with van der Waals surface area (Å²) < 4.78 is 0. The van der Waals surface area contributed by atoms with Gasteiger partial charge in [0, 0.05) is 12.6 Å². The van der Waals surface area contributed by atoms with Gasteiger partial charge in [-0.05, 0) is 6.92 Å². The molecule has 0 aliphatic heterocycles. The van der Waals surface area contributed by atoms with Crippen LogP contribution in [0.15, 0.2) is 0 Å². The second-order valence-electron chi connectivity index (χ2n) is 1.21. The van der Waals surface area contributed by atoms with Crippen LogP contribution in [0.2, 0.25) is 0 Å². The molecule has 1 unspecified atom stereocenters. The molecule has 0 aliphatic carbocycles. The van der Waals surface area contributed by atoms with Crippen molar-refractivity contribution in [3.8, 4) is 0 Å². The number of halogens is 2. The fourth-order valence-electron chi connectivity index (χ4n) is 0.